The summed E-state index contributed by atoms with van der Waals surface area (Å²) < 4.78 is 38.4. The lowest BCUT2D eigenvalue weighted by Crippen LogP contribution is -2.22. The van der Waals surface area contributed by atoms with Crippen molar-refractivity contribution in [2.24, 2.45) is 5.84 Å². The van der Waals surface area contributed by atoms with Gasteiger partial charge < -0.3 is 4.90 Å². The molecule has 0 fully saturated rings. The van der Waals surface area contributed by atoms with Gasteiger partial charge in [0.05, 0.1) is 17.2 Å². The summed E-state index contributed by atoms with van der Waals surface area (Å²) in [6.07, 6.45) is -4.57. The molecule has 0 saturated heterocycles. The Morgan fingerprint density at radius 3 is 2.57 bits per heavy atom. The maximum Gasteiger partial charge on any atom is 0.433 e. The summed E-state index contributed by atoms with van der Waals surface area (Å²) in [7, 11) is 1.62. The molecule has 10 heteroatoms. The van der Waals surface area contributed by atoms with Crippen molar-refractivity contribution < 1.29 is 13.2 Å². The lowest BCUT2D eigenvalue weighted by Gasteiger charge is -2.19. The van der Waals surface area contributed by atoms with Gasteiger partial charge in [0.15, 0.2) is 5.69 Å². The third-order valence-electron chi connectivity index (χ3n) is 2.59. The van der Waals surface area contributed by atoms with Crippen LogP contribution in [0.5, 0.6) is 0 Å². The Labute approximate surface area is 122 Å². The van der Waals surface area contributed by atoms with Gasteiger partial charge in [-0.05, 0) is 6.92 Å². The quantitative estimate of drug-likeness (QED) is 0.664. The number of hydrazine groups is 1. The zero-order valence-corrected chi connectivity index (χ0v) is 12.1. The molecule has 0 aliphatic rings. The van der Waals surface area contributed by atoms with E-state index in [4.69, 9.17) is 5.84 Å². The predicted molar refractivity (Wildman–Crippen MR) is 73.8 cm³/mol. The summed E-state index contributed by atoms with van der Waals surface area (Å²) in [5.74, 6) is 4.93. The van der Waals surface area contributed by atoms with Crippen LogP contribution in [0.2, 0.25) is 0 Å². The highest BCUT2D eigenvalue weighted by atomic mass is 32.1. The predicted octanol–water partition coefficient (Wildman–Crippen LogP) is 2.18. The Hall–Kier alpha value is -1.94. The number of hydrogen-bond donors (Lipinski definition) is 2. The van der Waals surface area contributed by atoms with Gasteiger partial charge in [-0.3, -0.25) is 5.43 Å². The van der Waals surface area contributed by atoms with E-state index in [1.165, 1.54) is 11.3 Å². The van der Waals surface area contributed by atoms with Crippen LogP contribution < -0.4 is 16.2 Å². The molecule has 0 saturated carbocycles. The van der Waals surface area contributed by atoms with E-state index in [9.17, 15) is 13.2 Å². The maximum absolute atomic E-state index is 12.8. The zero-order valence-electron chi connectivity index (χ0n) is 11.3. The molecule has 0 bridgehead atoms. The highest BCUT2D eigenvalue weighted by Gasteiger charge is 2.34. The van der Waals surface area contributed by atoms with Crippen molar-refractivity contribution in [2.45, 2.75) is 19.6 Å². The van der Waals surface area contributed by atoms with E-state index in [1.54, 1.807) is 11.9 Å². The normalized spacial score (nSPS) is 11.5. The van der Waals surface area contributed by atoms with Crippen molar-refractivity contribution in [1.82, 2.24) is 15.0 Å². The Balaban J connectivity index is 2.29. The van der Waals surface area contributed by atoms with E-state index in [2.05, 4.69) is 15.0 Å². The van der Waals surface area contributed by atoms with E-state index in [0.717, 1.165) is 16.8 Å². The number of aromatic nitrogens is 3. The fourth-order valence-corrected chi connectivity index (χ4v) is 2.25. The number of anilines is 2. The fourth-order valence-electron chi connectivity index (χ4n) is 1.64. The first-order valence-corrected chi connectivity index (χ1v) is 6.72. The number of rotatable bonds is 4. The van der Waals surface area contributed by atoms with Gasteiger partial charge >= 0.3 is 6.18 Å². The van der Waals surface area contributed by atoms with Crippen molar-refractivity contribution in [3.05, 3.63) is 27.8 Å². The van der Waals surface area contributed by atoms with E-state index in [-0.39, 0.29) is 11.8 Å². The van der Waals surface area contributed by atoms with Crippen LogP contribution in [0.15, 0.2) is 11.4 Å². The van der Waals surface area contributed by atoms with Gasteiger partial charge in [0.2, 0.25) is 5.95 Å². The smallest absolute Gasteiger partial charge is 0.354 e. The summed E-state index contributed by atoms with van der Waals surface area (Å²) in [5.41, 5.74) is 1.75. The first kappa shape index (κ1) is 15.4. The van der Waals surface area contributed by atoms with Crippen molar-refractivity contribution in [2.75, 3.05) is 17.4 Å². The van der Waals surface area contributed by atoms with Gasteiger partial charge in [-0.2, -0.15) is 18.2 Å². The number of nitrogens with zero attached hydrogens (tertiary/aromatic N) is 4. The summed E-state index contributed by atoms with van der Waals surface area (Å²) in [6, 6.07) is 0.875. The van der Waals surface area contributed by atoms with Gasteiger partial charge in [0, 0.05) is 18.5 Å². The van der Waals surface area contributed by atoms with E-state index >= 15 is 0 Å². The summed E-state index contributed by atoms with van der Waals surface area (Å²) in [5, 5.41) is 2.74. The van der Waals surface area contributed by atoms with Crippen molar-refractivity contribution >= 4 is 23.1 Å². The first-order chi connectivity index (χ1) is 9.79. The molecular weight excluding hydrogens is 305 g/mol. The second-order valence-corrected chi connectivity index (χ2v) is 5.35. The summed E-state index contributed by atoms with van der Waals surface area (Å²) in [6.45, 7) is 2.19. The topological polar surface area (TPSA) is 80.0 Å². The number of nitrogens with one attached hydrogen (secondary N) is 1. The fraction of sp³-hybridized carbons (Fsp3) is 0.364. The number of nitrogens with two attached hydrogens (primary N) is 1. The van der Waals surface area contributed by atoms with Crippen molar-refractivity contribution in [1.29, 1.82) is 0 Å². The molecule has 0 atom stereocenters. The molecule has 0 aliphatic carbocycles. The molecule has 2 heterocycles. The molecule has 2 rings (SSSR count). The maximum atomic E-state index is 12.8. The Kier molecular flexibility index (Phi) is 4.28. The molecule has 0 amide bonds. The van der Waals surface area contributed by atoms with E-state index in [0.29, 0.717) is 6.54 Å². The summed E-state index contributed by atoms with van der Waals surface area (Å²) >= 11 is 1.47. The Bertz CT molecular complexity index is 627. The molecule has 114 valence electrons. The molecule has 0 spiro atoms. The van der Waals surface area contributed by atoms with Crippen molar-refractivity contribution in [3.8, 4) is 0 Å². The molecule has 21 heavy (non-hydrogen) atoms. The number of hydrogen-bond acceptors (Lipinski definition) is 7. The van der Waals surface area contributed by atoms with Crippen LogP contribution in [0.25, 0.3) is 0 Å². The molecule has 3 N–H and O–H groups in total. The van der Waals surface area contributed by atoms with Crippen LogP contribution in [0, 0.1) is 6.92 Å². The van der Waals surface area contributed by atoms with Gasteiger partial charge in [-0.25, -0.2) is 15.8 Å². The van der Waals surface area contributed by atoms with Crippen LogP contribution in [0.3, 0.4) is 0 Å². The Morgan fingerprint density at radius 1 is 1.33 bits per heavy atom. The third kappa shape index (κ3) is 3.79. The van der Waals surface area contributed by atoms with Crippen molar-refractivity contribution in [3.63, 3.8) is 0 Å². The molecule has 0 aromatic carbocycles. The van der Waals surface area contributed by atoms with Gasteiger partial charge in [0.25, 0.3) is 0 Å². The standard InChI is InChI=1S/C11H13F3N6S/c1-6-16-7(5-21-6)4-20(2)9-3-8(11(12,13)14)17-10(18-9)19-15/h3,5H,4,15H2,1-2H3,(H,17,18,19). The molecule has 6 nitrogen and oxygen atoms in total. The average molecular weight is 318 g/mol. The first-order valence-electron chi connectivity index (χ1n) is 5.84. The molecule has 0 unspecified atom stereocenters. The third-order valence-corrected chi connectivity index (χ3v) is 3.41. The van der Waals surface area contributed by atoms with Crippen LogP contribution in [-0.2, 0) is 12.7 Å². The number of thiazole rings is 1. The lowest BCUT2D eigenvalue weighted by molar-refractivity contribution is -0.141. The van der Waals surface area contributed by atoms with Gasteiger partial charge in [-0.15, -0.1) is 11.3 Å². The Morgan fingerprint density at radius 2 is 2.05 bits per heavy atom. The molecule has 0 radical (unpaired) electrons. The average Bonchev–Trinajstić information content (AvgIpc) is 2.82. The zero-order chi connectivity index (χ0) is 15.6. The monoisotopic (exact) mass is 318 g/mol. The number of alkyl halides is 3. The van der Waals surface area contributed by atoms with Crippen LogP contribution in [-0.4, -0.2) is 22.0 Å². The molecular formula is C11H13F3N6S. The summed E-state index contributed by atoms with van der Waals surface area (Å²) in [4.78, 5) is 13.0. The van der Waals surface area contributed by atoms with Crippen LogP contribution in [0.4, 0.5) is 24.9 Å². The van der Waals surface area contributed by atoms with E-state index < -0.39 is 11.9 Å². The highest BCUT2D eigenvalue weighted by Crippen LogP contribution is 2.30. The lowest BCUT2D eigenvalue weighted by atomic mass is 10.3. The molecule has 2 aromatic rings. The minimum Gasteiger partial charge on any atom is -0.354 e. The highest BCUT2D eigenvalue weighted by molar-refractivity contribution is 7.09. The minimum absolute atomic E-state index is 0.107. The van der Waals surface area contributed by atoms with Crippen LogP contribution >= 0.6 is 11.3 Å². The number of nitrogen functional groups attached to an aromatic ring is 1. The molecule has 0 aliphatic heterocycles. The van der Waals surface area contributed by atoms with Gasteiger partial charge in [0.1, 0.15) is 5.82 Å². The van der Waals surface area contributed by atoms with Gasteiger partial charge in [-0.1, -0.05) is 0 Å². The second-order valence-electron chi connectivity index (χ2n) is 4.29. The minimum atomic E-state index is -4.57. The second kappa shape index (κ2) is 5.82. The van der Waals surface area contributed by atoms with Crippen LogP contribution in [0.1, 0.15) is 16.4 Å². The SMILES string of the molecule is Cc1nc(CN(C)c2cc(C(F)(F)F)nc(NN)n2)cs1. The number of aryl methyl sites for hydroxylation is 1. The molecule has 2 aromatic heterocycles. The number of halogens is 3. The largest absolute Gasteiger partial charge is 0.433 e. The van der Waals surface area contributed by atoms with E-state index in [1.807, 2.05) is 17.7 Å².